The summed E-state index contributed by atoms with van der Waals surface area (Å²) in [6.07, 6.45) is 0. The highest BCUT2D eigenvalue weighted by atomic mass is 19.3. The van der Waals surface area contributed by atoms with Gasteiger partial charge in [-0.05, 0) is 57.8 Å². The number of nitrogens with one attached hydrogen (secondary N) is 1. The number of hydrogen-bond donors (Lipinski definition) is 1. The molecule has 3 rings (SSSR count). The predicted octanol–water partition coefficient (Wildman–Crippen LogP) is 5.37. The number of hydrogen-bond acceptors (Lipinski definition) is 3. The summed E-state index contributed by atoms with van der Waals surface area (Å²) in [6, 6.07) is 16.9. The van der Waals surface area contributed by atoms with Gasteiger partial charge in [0.1, 0.15) is 0 Å². The lowest BCUT2D eigenvalue weighted by atomic mass is 9.70. The van der Waals surface area contributed by atoms with Crippen LogP contribution in [0, 0.1) is 0 Å². The third-order valence-electron chi connectivity index (χ3n) is 5.77. The first kappa shape index (κ1) is 22.2. The highest BCUT2D eigenvalue weighted by molar-refractivity contribution is 6.69. The first-order valence-electron chi connectivity index (χ1n) is 9.82. The smallest absolute Gasteiger partial charge is 0.399 e. The average Bonchev–Trinajstić information content (AvgIpc) is 2.90. The normalized spacial score (nSPS) is 18.7. The molecule has 1 aliphatic heterocycles. The molecule has 1 heterocycles. The number of carbonyl (C=O) groups is 1. The monoisotopic (exact) mass is 413 g/mol. The van der Waals surface area contributed by atoms with Crippen LogP contribution in [0.2, 0.25) is 0 Å². The largest absolute Gasteiger partial charge is 0.495 e. The quantitative estimate of drug-likeness (QED) is 0.671. The van der Waals surface area contributed by atoms with E-state index in [0.29, 0.717) is 11.3 Å². The zero-order chi connectivity index (χ0) is 22.2. The molecule has 30 heavy (non-hydrogen) atoms. The zero-order valence-electron chi connectivity index (χ0n) is 17.8. The van der Waals surface area contributed by atoms with Crippen LogP contribution in [0.4, 0.5) is 14.5 Å². The fourth-order valence-corrected chi connectivity index (χ4v) is 3.18. The van der Waals surface area contributed by atoms with Crippen molar-refractivity contribution in [1.29, 1.82) is 0 Å². The molecule has 0 aliphatic carbocycles. The van der Waals surface area contributed by atoms with Crippen LogP contribution >= 0.6 is 0 Å². The van der Waals surface area contributed by atoms with Gasteiger partial charge in [-0.3, -0.25) is 4.79 Å². The Morgan fingerprint density at radius 3 is 1.87 bits per heavy atom. The molecule has 1 N–H and O–H groups in total. The van der Waals surface area contributed by atoms with Crippen LogP contribution < -0.4 is 5.32 Å². The van der Waals surface area contributed by atoms with Crippen molar-refractivity contribution in [3.05, 3.63) is 71.8 Å². The van der Waals surface area contributed by atoms with E-state index in [4.69, 9.17) is 9.31 Å². The third kappa shape index (κ3) is 4.18. The summed E-state index contributed by atoms with van der Waals surface area (Å²) in [6.45, 7) is 8.66. The number of anilines is 1. The third-order valence-corrected chi connectivity index (χ3v) is 5.77. The zero-order valence-corrected chi connectivity index (χ0v) is 17.8. The highest BCUT2D eigenvalue weighted by Crippen LogP contribution is 2.43. The minimum absolute atomic E-state index is 0.155. The van der Waals surface area contributed by atoms with Gasteiger partial charge in [0.05, 0.1) is 11.2 Å². The van der Waals surface area contributed by atoms with Gasteiger partial charge in [-0.15, -0.1) is 0 Å². The lowest BCUT2D eigenvalue weighted by Crippen LogP contribution is -2.41. The Morgan fingerprint density at radius 2 is 1.37 bits per heavy atom. The number of para-hydroxylation sites is 1. The average molecular weight is 413 g/mol. The molecule has 0 atom stereocenters. The van der Waals surface area contributed by atoms with E-state index in [0.717, 1.165) is 0 Å². The van der Waals surface area contributed by atoms with Crippen LogP contribution in [0.5, 0.6) is 0 Å². The van der Waals surface area contributed by atoms with Crippen LogP contribution in [-0.2, 0) is 14.1 Å². The Labute approximate surface area is 176 Å². The van der Waals surface area contributed by atoms with Gasteiger partial charge in [0.2, 0.25) is 0 Å². The van der Waals surface area contributed by atoms with Crippen molar-refractivity contribution in [2.45, 2.75) is 51.7 Å². The summed E-state index contributed by atoms with van der Waals surface area (Å²) in [7, 11) is -1.03. The molecule has 0 unspecified atom stereocenters. The number of amides is 1. The maximum atomic E-state index is 15.3. The molecule has 4 nitrogen and oxygen atoms in total. The molecular formula is C23H26BF2NO3. The van der Waals surface area contributed by atoms with E-state index >= 15 is 8.78 Å². The molecule has 1 saturated heterocycles. The molecule has 1 fully saturated rings. The number of halogens is 2. The van der Waals surface area contributed by atoms with Gasteiger partial charge in [0.25, 0.3) is 5.91 Å². The lowest BCUT2D eigenvalue weighted by molar-refractivity contribution is -0.134. The summed E-state index contributed by atoms with van der Waals surface area (Å²) in [5.74, 6) is -5.18. The molecule has 0 spiro atoms. The number of rotatable bonds is 5. The fraction of sp³-hybridized carbons (Fsp3) is 0.348. The Morgan fingerprint density at radius 1 is 0.900 bits per heavy atom. The van der Waals surface area contributed by atoms with E-state index in [9.17, 15) is 4.79 Å². The second-order valence-corrected chi connectivity index (χ2v) is 8.39. The Balaban J connectivity index is 2.04. The summed E-state index contributed by atoms with van der Waals surface area (Å²) >= 11 is 0. The maximum Gasteiger partial charge on any atom is 0.495 e. The highest BCUT2D eigenvalue weighted by Gasteiger charge is 2.55. The van der Waals surface area contributed by atoms with E-state index in [1.165, 1.54) is 6.92 Å². The number of alkyl halides is 2. The second-order valence-electron chi connectivity index (χ2n) is 8.39. The molecule has 1 amide bonds. The van der Waals surface area contributed by atoms with Gasteiger partial charge in [-0.1, -0.05) is 48.5 Å². The van der Waals surface area contributed by atoms with Crippen molar-refractivity contribution >= 4 is 24.2 Å². The van der Waals surface area contributed by atoms with Crippen molar-refractivity contribution in [3.63, 3.8) is 0 Å². The molecular weight excluding hydrogens is 387 g/mol. The molecule has 2 aromatic carbocycles. The van der Waals surface area contributed by atoms with Crippen LogP contribution in [0.3, 0.4) is 0 Å². The molecule has 158 valence electrons. The Bertz CT molecular complexity index is 927. The summed E-state index contributed by atoms with van der Waals surface area (Å²) in [4.78, 5) is 12.5. The second kappa shape index (κ2) is 7.97. The molecule has 7 heteroatoms. The first-order chi connectivity index (χ1) is 14.0. The molecule has 0 bridgehead atoms. The van der Waals surface area contributed by atoms with Crippen molar-refractivity contribution in [1.82, 2.24) is 0 Å². The number of carbonyl (C=O) groups excluding carboxylic acids is 1. The van der Waals surface area contributed by atoms with E-state index in [-0.39, 0.29) is 5.47 Å². The van der Waals surface area contributed by atoms with Gasteiger partial charge < -0.3 is 14.6 Å². The van der Waals surface area contributed by atoms with Gasteiger partial charge in [-0.25, -0.2) is 0 Å². The fourth-order valence-electron chi connectivity index (χ4n) is 3.18. The van der Waals surface area contributed by atoms with Crippen LogP contribution in [0.1, 0.15) is 40.2 Å². The van der Waals surface area contributed by atoms with Gasteiger partial charge in [-0.2, -0.15) is 8.78 Å². The molecule has 0 aromatic heterocycles. The van der Waals surface area contributed by atoms with E-state index in [1.54, 1.807) is 60.7 Å². The Hall–Kier alpha value is -2.51. The first-order valence-corrected chi connectivity index (χ1v) is 9.82. The van der Waals surface area contributed by atoms with E-state index in [2.05, 4.69) is 5.32 Å². The van der Waals surface area contributed by atoms with Crippen LogP contribution in [0.15, 0.2) is 66.2 Å². The van der Waals surface area contributed by atoms with Crippen LogP contribution in [0.25, 0.3) is 5.47 Å². The van der Waals surface area contributed by atoms with Gasteiger partial charge >= 0.3 is 13.0 Å². The topological polar surface area (TPSA) is 47.6 Å². The number of benzene rings is 2. The van der Waals surface area contributed by atoms with Crippen molar-refractivity contribution < 1.29 is 22.9 Å². The van der Waals surface area contributed by atoms with Gasteiger partial charge in [0, 0.05) is 11.3 Å². The summed E-state index contributed by atoms with van der Waals surface area (Å²) < 4.78 is 42.7. The molecule has 2 aromatic rings. The van der Waals surface area contributed by atoms with Crippen molar-refractivity contribution in [3.8, 4) is 0 Å². The van der Waals surface area contributed by atoms with E-state index < -0.39 is 35.7 Å². The lowest BCUT2D eigenvalue weighted by Gasteiger charge is -2.32. The summed E-state index contributed by atoms with van der Waals surface area (Å²) in [5.41, 5.74) is -0.866. The minimum Gasteiger partial charge on any atom is -0.399 e. The molecule has 0 saturated carbocycles. The summed E-state index contributed by atoms with van der Waals surface area (Å²) in [5, 5.41) is 2.29. The standard InChI is InChI=1S/C23H26BF2NO3/c1-16(23(25,26)20(28)27-18-14-10-7-11-15-18)19(17-12-8-6-9-13-17)24-29-21(2,3)22(4,5)30-24/h6-15H,1-5H3,(H,27,28)/b19-16+. The Kier molecular flexibility index (Phi) is 5.89. The molecule has 1 aliphatic rings. The van der Waals surface area contributed by atoms with Gasteiger partial charge in [0.15, 0.2) is 0 Å². The minimum atomic E-state index is -3.77. The maximum absolute atomic E-state index is 15.3. The van der Waals surface area contributed by atoms with Crippen LogP contribution in [-0.4, -0.2) is 30.2 Å². The van der Waals surface area contributed by atoms with Crippen molar-refractivity contribution in [2.75, 3.05) is 5.32 Å². The van der Waals surface area contributed by atoms with E-state index in [1.807, 2.05) is 27.7 Å². The van der Waals surface area contributed by atoms with Crippen molar-refractivity contribution in [2.24, 2.45) is 0 Å². The SMILES string of the molecule is C/C(=C(\B1OC(C)(C)C(C)(C)O1)c1ccccc1)C(F)(F)C(=O)Nc1ccccc1. The molecule has 0 radical (unpaired) electrons. The predicted molar refractivity (Wildman–Crippen MR) is 115 cm³/mol.